The standard InChI is InChI=1S/C21H28N2O2/c1-21(2,3)17-13-16(20(25)19(24)14-17)15-22-9-11-23(12-10-22)18-7-5-4-6-8-18/h4-8,13-14,24-25H,9-12,15H2,1-3H3. The molecule has 1 saturated heterocycles. The lowest BCUT2D eigenvalue weighted by Crippen LogP contribution is -2.46. The van der Waals surface area contributed by atoms with Crippen LogP contribution in [-0.4, -0.2) is 41.3 Å². The van der Waals surface area contributed by atoms with E-state index in [1.54, 1.807) is 6.07 Å². The highest BCUT2D eigenvalue weighted by Gasteiger charge is 2.22. The van der Waals surface area contributed by atoms with Crippen molar-refractivity contribution in [1.29, 1.82) is 0 Å². The van der Waals surface area contributed by atoms with Gasteiger partial charge in [0.2, 0.25) is 0 Å². The van der Waals surface area contributed by atoms with Crippen molar-refractivity contribution in [2.75, 3.05) is 31.1 Å². The Morgan fingerprint density at radius 1 is 0.920 bits per heavy atom. The van der Waals surface area contributed by atoms with Crippen LogP contribution in [0.2, 0.25) is 0 Å². The average molecular weight is 340 g/mol. The van der Waals surface area contributed by atoms with Crippen LogP contribution in [0.3, 0.4) is 0 Å². The highest BCUT2D eigenvalue weighted by Crippen LogP contribution is 2.36. The number of hydrogen-bond donors (Lipinski definition) is 2. The number of hydrogen-bond acceptors (Lipinski definition) is 4. The van der Waals surface area contributed by atoms with Crippen LogP contribution in [0, 0.1) is 0 Å². The largest absolute Gasteiger partial charge is 0.504 e. The minimum absolute atomic E-state index is 0.0125. The fourth-order valence-electron chi connectivity index (χ4n) is 3.28. The molecular weight excluding hydrogens is 312 g/mol. The lowest BCUT2D eigenvalue weighted by atomic mass is 9.85. The summed E-state index contributed by atoms with van der Waals surface area (Å²) in [5, 5.41) is 20.3. The molecule has 4 heteroatoms. The van der Waals surface area contributed by atoms with E-state index >= 15 is 0 Å². The summed E-state index contributed by atoms with van der Waals surface area (Å²) in [6, 6.07) is 14.2. The van der Waals surface area contributed by atoms with Crippen LogP contribution in [0.15, 0.2) is 42.5 Å². The summed E-state index contributed by atoms with van der Waals surface area (Å²) in [5.41, 5.74) is 3.04. The topological polar surface area (TPSA) is 46.9 Å². The van der Waals surface area contributed by atoms with Crippen molar-refractivity contribution in [3.05, 3.63) is 53.6 Å². The molecule has 134 valence electrons. The van der Waals surface area contributed by atoms with Gasteiger partial charge in [-0.05, 0) is 29.2 Å². The first kappa shape index (κ1) is 17.6. The van der Waals surface area contributed by atoms with Crippen molar-refractivity contribution in [2.45, 2.75) is 32.7 Å². The zero-order chi connectivity index (χ0) is 18.0. The van der Waals surface area contributed by atoms with Gasteiger partial charge in [-0.15, -0.1) is 0 Å². The van der Waals surface area contributed by atoms with Gasteiger partial charge in [0.1, 0.15) is 0 Å². The predicted octanol–water partition coefficient (Wildman–Crippen LogP) is 3.72. The number of phenols is 2. The molecule has 0 amide bonds. The molecule has 2 aromatic carbocycles. The third-order valence-electron chi connectivity index (χ3n) is 4.92. The summed E-state index contributed by atoms with van der Waals surface area (Å²) < 4.78 is 0. The third-order valence-corrected chi connectivity index (χ3v) is 4.92. The van der Waals surface area contributed by atoms with E-state index in [0.717, 1.165) is 37.3 Å². The second-order valence-corrected chi connectivity index (χ2v) is 7.85. The molecule has 0 radical (unpaired) electrons. The van der Waals surface area contributed by atoms with Crippen molar-refractivity contribution in [3.63, 3.8) is 0 Å². The predicted molar refractivity (Wildman–Crippen MR) is 102 cm³/mol. The maximum atomic E-state index is 10.3. The summed E-state index contributed by atoms with van der Waals surface area (Å²) >= 11 is 0. The van der Waals surface area contributed by atoms with Gasteiger partial charge in [0.15, 0.2) is 11.5 Å². The molecule has 2 aromatic rings. The van der Waals surface area contributed by atoms with E-state index in [0.29, 0.717) is 6.54 Å². The van der Waals surface area contributed by atoms with E-state index in [9.17, 15) is 10.2 Å². The number of nitrogens with zero attached hydrogens (tertiary/aromatic N) is 2. The van der Waals surface area contributed by atoms with Gasteiger partial charge in [-0.25, -0.2) is 0 Å². The molecule has 2 N–H and O–H groups in total. The van der Waals surface area contributed by atoms with Crippen molar-refractivity contribution in [1.82, 2.24) is 4.90 Å². The molecule has 0 atom stereocenters. The Kier molecular flexibility index (Phi) is 4.91. The van der Waals surface area contributed by atoms with Gasteiger partial charge in [-0.1, -0.05) is 45.0 Å². The van der Waals surface area contributed by atoms with Crippen molar-refractivity contribution in [2.24, 2.45) is 0 Å². The molecule has 1 aliphatic rings. The highest BCUT2D eigenvalue weighted by molar-refractivity contribution is 5.49. The van der Waals surface area contributed by atoms with E-state index in [-0.39, 0.29) is 16.9 Å². The summed E-state index contributed by atoms with van der Waals surface area (Å²) in [5.74, 6) is -0.0103. The maximum absolute atomic E-state index is 10.3. The molecule has 4 nitrogen and oxygen atoms in total. The van der Waals surface area contributed by atoms with Crippen LogP contribution in [0.5, 0.6) is 11.5 Å². The molecule has 0 bridgehead atoms. The lowest BCUT2D eigenvalue weighted by molar-refractivity contribution is 0.245. The van der Waals surface area contributed by atoms with Gasteiger partial charge < -0.3 is 15.1 Å². The molecule has 0 spiro atoms. The first-order valence-electron chi connectivity index (χ1n) is 8.92. The Balaban J connectivity index is 1.69. The zero-order valence-electron chi connectivity index (χ0n) is 15.4. The van der Waals surface area contributed by atoms with Gasteiger partial charge in [0, 0.05) is 44.0 Å². The SMILES string of the molecule is CC(C)(C)c1cc(O)c(O)c(CN2CCN(c3ccccc3)CC2)c1. The number of para-hydroxylation sites is 1. The Morgan fingerprint density at radius 3 is 2.16 bits per heavy atom. The van der Waals surface area contributed by atoms with Crippen molar-refractivity contribution < 1.29 is 10.2 Å². The minimum Gasteiger partial charge on any atom is -0.504 e. The van der Waals surface area contributed by atoms with E-state index < -0.39 is 0 Å². The van der Waals surface area contributed by atoms with Gasteiger partial charge in [-0.3, -0.25) is 4.90 Å². The quantitative estimate of drug-likeness (QED) is 0.836. The lowest BCUT2D eigenvalue weighted by Gasteiger charge is -2.36. The molecule has 0 aromatic heterocycles. The minimum atomic E-state index is -0.0636. The Morgan fingerprint density at radius 2 is 1.56 bits per heavy atom. The monoisotopic (exact) mass is 340 g/mol. The van der Waals surface area contributed by atoms with E-state index in [4.69, 9.17) is 0 Å². The Hall–Kier alpha value is -2.20. The van der Waals surface area contributed by atoms with E-state index in [1.807, 2.05) is 12.1 Å². The first-order chi connectivity index (χ1) is 11.8. The second-order valence-electron chi connectivity index (χ2n) is 7.85. The summed E-state index contributed by atoms with van der Waals surface area (Å²) in [4.78, 5) is 4.72. The van der Waals surface area contributed by atoms with Crippen LogP contribution in [-0.2, 0) is 12.0 Å². The van der Waals surface area contributed by atoms with Crippen LogP contribution in [0.4, 0.5) is 5.69 Å². The van der Waals surface area contributed by atoms with Gasteiger partial charge >= 0.3 is 0 Å². The van der Waals surface area contributed by atoms with Crippen LogP contribution < -0.4 is 4.90 Å². The first-order valence-corrected chi connectivity index (χ1v) is 8.92. The van der Waals surface area contributed by atoms with Crippen LogP contribution in [0.25, 0.3) is 0 Å². The molecular formula is C21H28N2O2. The van der Waals surface area contributed by atoms with Gasteiger partial charge in [0.05, 0.1) is 0 Å². The Bertz CT molecular complexity index is 715. The average Bonchev–Trinajstić information content (AvgIpc) is 2.59. The van der Waals surface area contributed by atoms with Crippen molar-refractivity contribution >= 4 is 5.69 Å². The van der Waals surface area contributed by atoms with Crippen LogP contribution >= 0.6 is 0 Å². The fraction of sp³-hybridized carbons (Fsp3) is 0.429. The fourth-order valence-corrected chi connectivity index (χ4v) is 3.28. The van der Waals surface area contributed by atoms with E-state index in [2.05, 4.69) is 54.8 Å². The smallest absolute Gasteiger partial charge is 0.162 e. The highest BCUT2D eigenvalue weighted by atomic mass is 16.3. The molecule has 0 unspecified atom stereocenters. The molecule has 3 rings (SSSR count). The summed E-state index contributed by atoms with van der Waals surface area (Å²) in [6.45, 7) is 10.8. The molecule has 1 fully saturated rings. The molecule has 0 aliphatic carbocycles. The Labute approximate surface area is 150 Å². The van der Waals surface area contributed by atoms with Gasteiger partial charge in [-0.2, -0.15) is 0 Å². The second kappa shape index (κ2) is 6.96. The normalized spacial score (nSPS) is 16.2. The van der Waals surface area contributed by atoms with Crippen LogP contribution in [0.1, 0.15) is 31.9 Å². The summed E-state index contributed by atoms with van der Waals surface area (Å²) in [7, 11) is 0. The van der Waals surface area contributed by atoms with Gasteiger partial charge in [0.25, 0.3) is 0 Å². The zero-order valence-corrected chi connectivity index (χ0v) is 15.4. The third kappa shape index (κ3) is 4.07. The molecule has 1 heterocycles. The molecule has 1 aliphatic heterocycles. The number of piperazine rings is 1. The molecule has 25 heavy (non-hydrogen) atoms. The molecule has 0 saturated carbocycles. The van der Waals surface area contributed by atoms with Crippen molar-refractivity contribution in [3.8, 4) is 11.5 Å². The number of anilines is 1. The number of aromatic hydroxyl groups is 2. The number of rotatable bonds is 3. The van der Waals surface area contributed by atoms with E-state index in [1.165, 1.54) is 5.69 Å². The maximum Gasteiger partial charge on any atom is 0.162 e. The number of benzene rings is 2. The summed E-state index contributed by atoms with van der Waals surface area (Å²) in [6.07, 6.45) is 0. The number of phenolic OH excluding ortho intramolecular Hbond substituents is 2.